The fourth-order valence-corrected chi connectivity index (χ4v) is 1.41. The molecule has 1 rings (SSSR count). The van der Waals surface area contributed by atoms with Crippen LogP contribution in [0.1, 0.15) is 30.1 Å². The van der Waals surface area contributed by atoms with Gasteiger partial charge in [0.25, 0.3) is 0 Å². The van der Waals surface area contributed by atoms with Crippen molar-refractivity contribution in [3.05, 3.63) is 42.6 Å². The molecule has 0 aromatic heterocycles. The zero-order valence-corrected chi connectivity index (χ0v) is 10.9. The Morgan fingerprint density at radius 1 is 1.37 bits per heavy atom. The highest BCUT2D eigenvalue weighted by molar-refractivity contribution is 6.00. The van der Waals surface area contributed by atoms with Crippen molar-refractivity contribution >= 4 is 17.7 Å². The fraction of sp³-hybridized carbons (Fsp3) is 0.286. The summed E-state index contributed by atoms with van der Waals surface area (Å²) in [7, 11) is 0. The zero-order valence-electron chi connectivity index (χ0n) is 10.9. The summed E-state index contributed by atoms with van der Waals surface area (Å²) in [5.41, 5.74) is 0.737. The number of hydrogen-bond acceptors (Lipinski definition) is 3. The van der Waals surface area contributed by atoms with Crippen molar-refractivity contribution in [1.29, 1.82) is 0 Å². The van der Waals surface area contributed by atoms with Gasteiger partial charge in [-0.2, -0.15) is 0 Å². The van der Waals surface area contributed by atoms with Crippen LogP contribution in [0.3, 0.4) is 0 Å². The Morgan fingerprint density at radius 2 is 2.11 bits per heavy atom. The van der Waals surface area contributed by atoms with Gasteiger partial charge in [0.15, 0.2) is 0 Å². The maximum atomic E-state index is 11.9. The molecule has 5 heteroatoms. The van der Waals surface area contributed by atoms with Crippen LogP contribution in [0.15, 0.2) is 37.0 Å². The van der Waals surface area contributed by atoms with Gasteiger partial charge in [0.05, 0.1) is 17.9 Å². The molecule has 2 amide bonds. The van der Waals surface area contributed by atoms with Crippen molar-refractivity contribution < 1.29 is 14.3 Å². The third-order valence-electron chi connectivity index (χ3n) is 2.36. The van der Waals surface area contributed by atoms with Gasteiger partial charge in [-0.05, 0) is 24.8 Å². The average molecular weight is 262 g/mol. The molecule has 0 radical (unpaired) electrons. The highest BCUT2D eigenvalue weighted by atomic mass is 16.5. The van der Waals surface area contributed by atoms with Crippen molar-refractivity contribution in [2.24, 2.45) is 0 Å². The van der Waals surface area contributed by atoms with E-state index < -0.39 is 12.0 Å². The van der Waals surface area contributed by atoms with Crippen LogP contribution in [0.5, 0.6) is 0 Å². The number of nitrogens with one attached hydrogen (secondary N) is 2. The largest absolute Gasteiger partial charge is 0.462 e. The molecule has 19 heavy (non-hydrogen) atoms. The molecule has 0 saturated heterocycles. The molecule has 1 aromatic rings. The molecule has 102 valence electrons. The molecular weight excluding hydrogens is 244 g/mol. The summed E-state index contributed by atoms with van der Waals surface area (Å²) in [6.07, 6.45) is 3.03. The molecule has 2 N–H and O–H groups in total. The molecule has 0 saturated carbocycles. The Hall–Kier alpha value is -2.30. The van der Waals surface area contributed by atoms with Crippen LogP contribution >= 0.6 is 0 Å². The van der Waals surface area contributed by atoms with Gasteiger partial charge in [-0.1, -0.05) is 32.1 Å². The van der Waals surface area contributed by atoms with Crippen LogP contribution in [0, 0.1) is 0 Å². The first-order valence-corrected chi connectivity index (χ1v) is 6.13. The highest BCUT2D eigenvalue weighted by Crippen LogP contribution is 2.16. The first-order chi connectivity index (χ1) is 9.19. The minimum absolute atomic E-state index is 0.331. The monoisotopic (exact) mass is 262 g/mol. The number of anilines is 1. The number of carbonyl (C=O) groups is 2. The minimum Gasteiger partial charge on any atom is -0.462 e. The van der Waals surface area contributed by atoms with Crippen molar-refractivity contribution in [2.75, 3.05) is 11.9 Å². The van der Waals surface area contributed by atoms with Crippen LogP contribution in [0.4, 0.5) is 10.5 Å². The lowest BCUT2D eigenvalue weighted by Crippen LogP contribution is -2.24. The molecule has 0 spiro atoms. The average Bonchev–Trinajstić information content (AvgIpc) is 2.39. The van der Waals surface area contributed by atoms with E-state index in [-0.39, 0.29) is 0 Å². The normalized spacial score (nSPS) is 9.53. The molecule has 5 nitrogen and oxygen atoms in total. The van der Waals surface area contributed by atoms with Crippen LogP contribution in [-0.4, -0.2) is 18.6 Å². The minimum atomic E-state index is -0.455. The van der Waals surface area contributed by atoms with E-state index in [0.717, 1.165) is 12.8 Å². The summed E-state index contributed by atoms with van der Waals surface area (Å²) < 4.78 is 5.12. The molecule has 0 unspecified atom stereocenters. The molecule has 0 aliphatic rings. The SMILES string of the molecule is C=CNC(=O)Nc1ccccc1C(=O)OCCCC. The molecular formula is C14H18N2O3. The van der Waals surface area contributed by atoms with Crippen molar-refractivity contribution in [3.63, 3.8) is 0 Å². The van der Waals surface area contributed by atoms with Crippen LogP contribution in [-0.2, 0) is 4.74 Å². The van der Waals surface area contributed by atoms with E-state index in [1.807, 2.05) is 6.92 Å². The Kier molecular flexibility index (Phi) is 6.15. The number of amides is 2. The number of urea groups is 1. The summed E-state index contributed by atoms with van der Waals surface area (Å²) >= 11 is 0. The van der Waals surface area contributed by atoms with Gasteiger partial charge in [0.2, 0.25) is 0 Å². The predicted octanol–water partition coefficient (Wildman–Crippen LogP) is 2.91. The zero-order chi connectivity index (χ0) is 14.1. The molecule has 0 aliphatic carbocycles. The summed E-state index contributed by atoms with van der Waals surface area (Å²) in [5.74, 6) is -0.442. The van der Waals surface area contributed by atoms with Gasteiger partial charge in [-0.25, -0.2) is 9.59 Å². The second kappa shape index (κ2) is 7.92. The van der Waals surface area contributed by atoms with E-state index in [2.05, 4.69) is 17.2 Å². The Morgan fingerprint density at radius 3 is 2.79 bits per heavy atom. The first-order valence-electron chi connectivity index (χ1n) is 6.13. The van der Waals surface area contributed by atoms with Gasteiger partial charge >= 0.3 is 12.0 Å². The Balaban J connectivity index is 2.74. The van der Waals surface area contributed by atoms with Gasteiger partial charge in [-0.15, -0.1) is 0 Å². The Labute approximate surface area is 112 Å². The first kappa shape index (κ1) is 14.8. The third-order valence-corrected chi connectivity index (χ3v) is 2.36. The smallest absolute Gasteiger partial charge is 0.340 e. The van der Waals surface area contributed by atoms with Crippen molar-refractivity contribution in [1.82, 2.24) is 5.32 Å². The number of ether oxygens (including phenoxy) is 1. The lowest BCUT2D eigenvalue weighted by atomic mass is 10.2. The van der Waals surface area contributed by atoms with Gasteiger partial charge in [-0.3, -0.25) is 0 Å². The number of carbonyl (C=O) groups excluding carboxylic acids is 2. The van der Waals surface area contributed by atoms with E-state index in [9.17, 15) is 9.59 Å². The lowest BCUT2D eigenvalue weighted by Gasteiger charge is -2.10. The number of benzene rings is 1. The second-order valence-corrected chi connectivity index (χ2v) is 3.84. The predicted molar refractivity (Wildman–Crippen MR) is 74.0 cm³/mol. The third kappa shape index (κ3) is 4.83. The van der Waals surface area contributed by atoms with Crippen molar-refractivity contribution in [2.45, 2.75) is 19.8 Å². The standard InChI is InChI=1S/C14H18N2O3/c1-3-5-10-19-13(17)11-8-6-7-9-12(11)16-14(18)15-4-2/h4,6-9H,2-3,5,10H2,1H3,(H2,15,16,18). The molecule has 0 aliphatic heterocycles. The fourth-order valence-electron chi connectivity index (χ4n) is 1.41. The Bertz CT molecular complexity index is 458. The van der Waals surface area contributed by atoms with E-state index >= 15 is 0 Å². The number of unbranched alkanes of at least 4 members (excludes halogenated alkanes) is 1. The number of rotatable bonds is 6. The second-order valence-electron chi connectivity index (χ2n) is 3.84. The molecule has 0 fully saturated rings. The van der Waals surface area contributed by atoms with Crippen LogP contribution < -0.4 is 10.6 Å². The van der Waals surface area contributed by atoms with Gasteiger partial charge in [0, 0.05) is 0 Å². The van der Waals surface area contributed by atoms with Gasteiger partial charge < -0.3 is 15.4 Å². The van der Waals surface area contributed by atoms with E-state index in [1.54, 1.807) is 24.3 Å². The van der Waals surface area contributed by atoms with Crippen LogP contribution in [0.2, 0.25) is 0 Å². The number of para-hydroxylation sites is 1. The van der Waals surface area contributed by atoms with Gasteiger partial charge in [0.1, 0.15) is 0 Å². The molecule has 1 aromatic carbocycles. The summed E-state index contributed by atoms with van der Waals surface area (Å²) in [6, 6.07) is 6.24. The van der Waals surface area contributed by atoms with Crippen LogP contribution in [0.25, 0.3) is 0 Å². The highest BCUT2D eigenvalue weighted by Gasteiger charge is 2.13. The maximum Gasteiger partial charge on any atom is 0.340 e. The topological polar surface area (TPSA) is 67.4 Å². The molecule has 0 bridgehead atoms. The van der Waals surface area contributed by atoms with Crippen molar-refractivity contribution in [3.8, 4) is 0 Å². The van der Waals surface area contributed by atoms with E-state index in [0.29, 0.717) is 17.9 Å². The number of esters is 1. The number of hydrogen-bond donors (Lipinski definition) is 2. The summed E-state index contributed by atoms with van der Waals surface area (Å²) in [6.45, 7) is 5.78. The van der Waals surface area contributed by atoms with E-state index in [4.69, 9.17) is 4.74 Å². The summed E-state index contributed by atoms with van der Waals surface area (Å²) in [4.78, 5) is 23.3. The summed E-state index contributed by atoms with van der Waals surface area (Å²) in [5, 5.41) is 4.93. The quantitative estimate of drug-likeness (QED) is 0.612. The molecule has 0 atom stereocenters. The van der Waals surface area contributed by atoms with E-state index in [1.165, 1.54) is 6.20 Å². The lowest BCUT2D eigenvalue weighted by molar-refractivity contribution is 0.0501. The molecule has 0 heterocycles. The maximum absolute atomic E-state index is 11.9.